The van der Waals surface area contributed by atoms with Crippen LogP contribution in [0.2, 0.25) is 0 Å². The number of aromatic nitrogens is 1. The van der Waals surface area contributed by atoms with Crippen molar-refractivity contribution in [1.82, 2.24) is 26.0 Å². The minimum absolute atomic E-state index is 0.0409. The molecule has 3 rings (SSSR count). The maximum atomic E-state index is 12.6. The van der Waals surface area contributed by atoms with Crippen LogP contribution in [0.15, 0.2) is 12.1 Å². The van der Waals surface area contributed by atoms with Gasteiger partial charge in [0.1, 0.15) is 6.17 Å². The first kappa shape index (κ1) is 30.5. The van der Waals surface area contributed by atoms with Crippen LogP contribution in [0.3, 0.4) is 0 Å². The number of aromatic hydroxyl groups is 2. The van der Waals surface area contributed by atoms with Crippen LogP contribution in [0.25, 0.3) is 0 Å². The molecule has 0 spiro atoms. The van der Waals surface area contributed by atoms with E-state index in [1.807, 2.05) is 11.8 Å². The molecule has 39 heavy (non-hydrogen) atoms. The van der Waals surface area contributed by atoms with Crippen molar-refractivity contribution < 1.29 is 34.2 Å². The van der Waals surface area contributed by atoms with Crippen molar-refractivity contribution in [2.45, 2.75) is 107 Å². The molecule has 1 aromatic heterocycles. The lowest BCUT2D eigenvalue weighted by Gasteiger charge is -2.21. The number of hydrogen-bond acceptors (Lipinski definition) is 8. The van der Waals surface area contributed by atoms with E-state index in [0.29, 0.717) is 48.5 Å². The summed E-state index contributed by atoms with van der Waals surface area (Å²) in [6.07, 6.45) is 6.92. The zero-order chi connectivity index (χ0) is 28.2. The largest absolute Gasteiger partial charge is 0.492 e. The molecule has 2 saturated heterocycles. The smallest absolute Gasteiger partial charge is 0.333 e. The van der Waals surface area contributed by atoms with Crippen LogP contribution in [0, 0.1) is 0 Å². The molecule has 0 bridgehead atoms. The van der Waals surface area contributed by atoms with Crippen LogP contribution < -0.4 is 26.1 Å². The number of urea groups is 1. The molecule has 1 aromatic rings. The Hall–Kier alpha value is -3.09. The topological polar surface area (TPSA) is 171 Å². The summed E-state index contributed by atoms with van der Waals surface area (Å²) >= 11 is 1.85. The van der Waals surface area contributed by atoms with Gasteiger partial charge < -0.3 is 36.3 Å². The van der Waals surface area contributed by atoms with E-state index in [9.17, 15) is 29.4 Å². The van der Waals surface area contributed by atoms with Crippen molar-refractivity contribution >= 4 is 35.6 Å². The predicted molar refractivity (Wildman–Crippen MR) is 146 cm³/mol. The Labute approximate surface area is 232 Å². The standard InChI is InChI=1S/C26H41N5O7S/c1-2-3-4-11-20(32)28-19(10-6-8-13-24(36)38-31-22(34)14-15-23(31)35)29-21(33)12-7-5-9-18-25-17(16-39-18)27-26(37)30-25/h14-15,17-19,25,34-35H,2-13,16H2,1H3,(H,28,32)(H,29,33)(H2,27,30,37)/t17-,18-,19?,25-/m0/s1. The Kier molecular flexibility index (Phi) is 12.1. The number of nitrogens with zero attached hydrogens (tertiary/aromatic N) is 1. The lowest BCUT2D eigenvalue weighted by Crippen LogP contribution is -2.47. The molecule has 0 aliphatic carbocycles. The van der Waals surface area contributed by atoms with E-state index >= 15 is 0 Å². The van der Waals surface area contributed by atoms with Gasteiger partial charge in [-0.3, -0.25) is 9.59 Å². The third-order valence-electron chi connectivity index (χ3n) is 6.87. The van der Waals surface area contributed by atoms with Gasteiger partial charge in [-0.15, -0.1) is 4.73 Å². The Morgan fingerprint density at radius 1 is 1.00 bits per heavy atom. The van der Waals surface area contributed by atoms with E-state index in [2.05, 4.69) is 28.2 Å². The molecule has 13 heteroatoms. The minimum atomic E-state index is -0.624. The number of rotatable bonds is 17. The highest BCUT2D eigenvalue weighted by Gasteiger charge is 2.42. The highest BCUT2D eigenvalue weighted by Crippen LogP contribution is 2.33. The van der Waals surface area contributed by atoms with Gasteiger partial charge in [-0.2, -0.15) is 11.8 Å². The number of unbranched alkanes of at least 4 members (excludes halogenated alkanes) is 4. The number of nitrogens with one attached hydrogen (secondary N) is 4. The molecule has 4 amide bonds. The summed E-state index contributed by atoms with van der Waals surface area (Å²) in [5.41, 5.74) is 0. The van der Waals surface area contributed by atoms with Crippen LogP contribution in [0.5, 0.6) is 11.8 Å². The van der Waals surface area contributed by atoms with Crippen LogP contribution in [0.1, 0.15) is 84.0 Å². The van der Waals surface area contributed by atoms with Crippen molar-refractivity contribution in [3.05, 3.63) is 12.1 Å². The number of carbonyl (C=O) groups is 4. The second-order valence-corrected chi connectivity index (χ2v) is 11.3. The second kappa shape index (κ2) is 15.5. The number of amides is 4. The molecule has 2 fully saturated rings. The van der Waals surface area contributed by atoms with Gasteiger partial charge in [0.2, 0.25) is 23.6 Å². The van der Waals surface area contributed by atoms with Gasteiger partial charge in [-0.05, 0) is 38.5 Å². The predicted octanol–water partition coefficient (Wildman–Crippen LogP) is 2.28. The van der Waals surface area contributed by atoms with E-state index in [-0.39, 0.29) is 48.1 Å². The average molecular weight is 568 g/mol. The fraction of sp³-hybridized carbons (Fsp3) is 0.692. The summed E-state index contributed by atoms with van der Waals surface area (Å²) in [5.74, 6) is -0.749. The normalized spacial score (nSPS) is 20.5. The summed E-state index contributed by atoms with van der Waals surface area (Å²) in [7, 11) is 0. The highest BCUT2D eigenvalue weighted by molar-refractivity contribution is 8.00. The maximum Gasteiger partial charge on any atom is 0.333 e. The minimum Gasteiger partial charge on any atom is -0.492 e. The Balaban J connectivity index is 1.37. The SMILES string of the molecule is CCCCCC(=O)NC(CCCCC(=O)On1c(O)ccc1O)NC(=O)CCCC[C@@H]1SC[C@@H]2NC(=O)N[C@@H]21. The Morgan fingerprint density at radius 2 is 1.64 bits per heavy atom. The molecular weight excluding hydrogens is 526 g/mol. The van der Waals surface area contributed by atoms with E-state index in [1.54, 1.807) is 0 Å². The first-order valence-electron chi connectivity index (χ1n) is 13.8. The molecule has 4 atom stereocenters. The molecule has 218 valence electrons. The molecule has 2 aliphatic rings. The number of fused-ring (bicyclic) bond motifs is 1. The van der Waals surface area contributed by atoms with E-state index in [0.717, 1.165) is 37.9 Å². The van der Waals surface area contributed by atoms with Crippen molar-refractivity contribution in [2.24, 2.45) is 0 Å². The van der Waals surface area contributed by atoms with Crippen molar-refractivity contribution in [3.63, 3.8) is 0 Å². The Morgan fingerprint density at radius 3 is 2.31 bits per heavy atom. The van der Waals surface area contributed by atoms with Gasteiger partial charge in [0, 0.05) is 42.4 Å². The van der Waals surface area contributed by atoms with Gasteiger partial charge in [-0.1, -0.05) is 26.2 Å². The van der Waals surface area contributed by atoms with Crippen LogP contribution >= 0.6 is 11.8 Å². The van der Waals surface area contributed by atoms with E-state index < -0.39 is 12.1 Å². The number of carbonyl (C=O) groups excluding carboxylic acids is 4. The van der Waals surface area contributed by atoms with Crippen LogP contribution in [0.4, 0.5) is 4.79 Å². The van der Waals surface area contributed by atoms with Gasteiger partial charge in [0.05, 0.1) is 12.1 Å². The van der Waals surface area contributed by atoms with Gasteiger partial charge in [0.25, 0.3) is 0 Å². The Bertz CT molecular complexity index is 968. The average Bonchev–Trinajstić information content (AvgIpc) is 3.54. The quantitative estimate of drug-likeness (QED) is 0.0946. The second-order valence-electron chi connectivity index (χ2n) is 10.1. The fourth-order valence-corrected chi connectivity index (χ4v) is 6.33. The lowest BCUT2D eigenvalue weighted by atomic mass is 10.0. The first-order chi connectivity index (χ1) is 18.8. The maximum absolute atomic E-state index is 12.6. The molecule has 1 unspecified atom stereocenters. The highest BCUT2D eigenvalue weighted by atomic mass is 32.2. The first-order valence-corrected chi connectivity index (χ1v) is 14.9. The third-order valence-corrected chi connectivity index (χ3v) is 8.38. The molecule has 2 aliphatic heterocycles. The lowest BCUT2D eigenvalue weighted by molar-refractivity contribution is -0.145. The molecular formula is C26H41N5O7S. The summed E-state index contributed by atoms with van der Waals surface area (Å²) in [4.78, 5) is 53.6. The van der Waals surface area contributed by atoms with Crippen LogP contribution in [-0.4, -0.2) is 68.0 Å². The molecule has 0 radical (unpaired) electrons. The van der Waals surface area contributed by atoms with Crippen molar-refractivity contribution in [2.75, 3.05) is 5.75 Å². The van der Waals surface area contributed by atoms with Gasteiger partial charge in [0.15, 0.2) is 0 Å². The summed E-state index contributed by atoms with van der Waals surface area (Å²) < 4.78 is 0.645. The van der Waals surface area contributed by atoms with Gasteiger partial charge in [-0.25, -0.2) is 9.59 Å². The molecule has 12 nitrogen and oxygen atoms in total. The fourth-order valence-electron chi connectivity index (χ4n) is 4.78. The zero-order valence-corrected chi connectivity index (χ0v) is 23.3. The molecule has 6 N–H and O–H groups in total. The summed E-state index contributed by atoms with van der Waals surface area (Å²) in [6, 6.07) is 2.64. The van der Waals surface area contributed by atoms with Gasteiger partial charge >= 0.3 is 12.0 Å². The van der Waals surface area contributed by atoms with Crippen molar-refractivity contribution in [1.29, 1.82) is 0 Å². The number of thioether (sulfide) groups is 1. The van der Waals surface area contributed by atoms with Crippen molar-refractivity contribution in [3.8, 4) is 11.8 Å². The third kappa shape index (κ3) is 9.86. The molecule has 0 aromatic carbocycles. The monoisotopic (exact) mass is 567 g/mol. The molecule has 0 saturated carbocycles. The zero-order valence-electron chi connectivity index (χ0n) is 22.4. The van der Waals surface area contributed by atoms with Crippen LogP contribution in [-0.2, 0) is 14.4 Å². The van der Waals surface area contributed by atoms with E-state index in [4.69, 9.17) is 4.84 Å². The van der Waals surface area contributed by atoms with E-state index in [1.165, 1.54) is 12.1 Å². The summed E-state index contributed by atoms with van der Waals surface area (Å²) in [6.45, 7) is 2.06. The number of hydrogen-bond donors (Lipinski definition) is 6. The summed E-state index contributed by atoms with van der Waals surface area (Å²) in [5, 5.41) is 31.2. The molecule has 3 heterocycles.